The molecule has 2 fully saturated rings. The summed E-state index contributed by atoms with van der Waals surface area (Å²) in [5.41, 5.74) is 2.21. The van der Waals surface area contributed by atoms with Crippen LogP contribution in [0, 0.1) is 13.8 Å². The van der Waals surface area contributed by atoms with E-state index in [0.717, 1.165) is 38.2 Å². The molecule has 0 aromatic heterocycles. The highest BCUT2D eigenvalue weighted by molar-refractivity contribution is 7.92. The number of anilines is 1. The number of carbonyl (C=O) groups excluding carboxylic acids is 1. The molecule has 2 aliphatic rings. The summed E-state index contributed by atoms with van der Waals surface area (Å²) < 4.78 is 34.1. The molecule has 0 aliphatic carbocycles. The summed E-state index contributed by atoms with van der Waals surface area (Å²) in [6, 6.07) is 12.7. The molecule has 0 N–H and O–H groups in total. The summed E-state index contributed by atoms with van der Waals surface area (Å²) in [5, 5.41) is 0. The van der Waals surface area contributed by atoms with Crippen molar-refractivity contribution in [3.63, 3.8) is 0 Å². The first-order valence-corrected chi connectivity index (χ1v) is 13.5. The highest BCUT2D eigenvalue weighted by atomic mass is 32.2. The van der Waals surface area contributed by atoms with Gasteiger partial charge in [-0.1, -0.05) is 17.7 Å². The quantitative estimate of drug-likeness (QED) is 0.572. The lowest BCUT2D eigenvalue weighted by Crippen LogP contribution is -2.39. The summed E-state index contributed by atoms with van der Waals surface area (Å²) in [6.45, 7) is 7.55. The molecule has 2 heterocycles. The predicted octanol–water partition coefficient (Wildman–Crippen LogP) is 3.59. The summed E-state index contributed by atoms with van der Waals surface area (Å²) in [4.78, 5) is 17.7. The molecule has 8 heteroatoms. The van der Waals surface area contributed by atoms with E-state index < -0.39 is 10.0 Å². The average Bonchev–Trinajstić information content (AvgIpc) is 3.51. The fourth-order valence-electron chi connectivity index (χ4n) is 5.07. The zero-order valence-electron chi connectivity index (χ0n) is 20.4. The number of carbonyl (C=O) groups is 1. The molecule has 2 aromatic carbocycles. The maximum absolute atomic E-state index is 13.7. The molecule has 7 nitrogen and oxygen atoms in total. The summed E-state index contributed by atoms with van der Waals surface area (Å²) in [6.07, 6.45) is 3.60. The molecule has 0 spiro atoms. The van der Waals surface area contributed by atoms with Crippen molar-refractivity contribution in [2.45, 2.75) is 50.5 Å². The van der Waals surface area contributed by atoms with Gasteiger partial charge in [-0.3, -0.25) is 14.0 Å². The van der Waals surface area contributed by atoms with Crippen molar-refractivity contribution >= 4 is 21.6 Å². The molecule has 0 saturated carbocycles. The Morgan fingerprint density at radius 1 is 1.06 bits per heavy atom. The van der Waals surface area contributed by atoms with Gasteiger partial charge in [0, 0.05) is 32.1 Å². The number of nitrogens with zero attached hydrogens (tertiary/aromatic N) is 3. The maximum Gasteiger partial charge on any atom is 0.264 e. The van der Waals surface area contributed by atoms with Gasteiger partial charge in [-0.2, -0.15) is 0 Å². The number of hydrogen-bond donors (Lipinski definition) is 0. The van der Waals surface area contributed by atoms with Crippen LogP contribution in [0.25, 0.3) is 0 Å². The summed E-state index contributed by atoms with van der Waals surface area (Å²) in [7, 11) is -2.28. The fourth-order valence-corrected chi connectivity index (χ4v) is 6.75. The van der Waals surface area contributed by atoms with Gasteiger partial charge in [-0.05, 0) is 82.1 Å². The lowest BCUT2D eigenvalue weighted by Gasteiger charge is -2.27. The molecular formula is C26H35N3O4S. The van der Waals surface area contributed by atoms with Gasteiger partial charge in [0.15, 0.2) is 0 Å². The van der Waals surface area contributed by atoms with E-state index in [4.69, 9.17) is 4.74 Å². The number of rotatable bonds is 8. The largest absolute Gasteiger partial charge is 0.497 e. The molecule has 0 radical (unpaired) electrons. The molecule has 1 amide bonds. The Labute approximate surface area is 203 Å². The number of benzene rings is 2. The third kappa shape index (κ3) is 5.23. The number of ether oxygens (including phenoxy) is 1. The van der Waals surface area contributed by atoms with E-state index in [9.17, 15) is 13.2 Å². The van der Waals surface area contributed by atoms with Gasteiger partial charge in [-0.15, -0.1) is 0 Å². The monoisotopic (exact) mass is 485 g/mol. The number of aryl methyl sites for hydroxylation is 2. The number of amides is 1. The van der Waals surface area contributed by atoms with Crippen LogP contribution in [0.5, 0.6) is 5.75 Å². The lowest BCUT2D eigenvalue weighted by atomic mass is 10.2. The normalized spacial score (nSPS) is 18.9. The molecule has 34 heavy (non-hydrogen) atoms. The van der Waals surface area contributed by atoms with E-state index in [-0.39, 0.29) is 23.8 Å². The van der Waals surface area contributed by atoms with E-state index in [1.165, 1.54) is 17.1 Å². The smallest absolute Gasteiger partial charge is 0.264 e. The topological polar surface area (TPSA) is 70.2 Å². The van der Waals surface area contributed by atoms with Gasteiger partial charge in [0.2, 0.25) is 5.91 Å². The van der Waals surface area contributed by atoms with Crippen molar-refractivity contribution in [1.29, 1.82) is 0 Å². The van der Waals surface area contributed by atoms with Crippen LogP contribution in [0.15, 0.2) is 47.4 Å². The lowest BCUT2D eigenvalue weighted by molar-refractivity contribution is -0.130. The van der Waals surface area contributed by atoms with E-state index in [1.54, 1.807) is 50.4 Å². The van der Waals surface area contributed by atoms with Crippen LogP contribution >= 0.6 is 0 Å². The highest BCUT2D eigenvalue weighted by Gasteiger charge is 2.33. The highest BCUT2D eigenvalue weighted by Crippen LogP contribution is 2.29. The molecule has 2 saturated heterocycles. The minimum Gasteiger partial charge on any atom is -0.497 e. The summed E-state index contributed by atoms with van der Waals surface area (Å²) in [5.74, 6) is 0.657. The summed E-state index contributed by atoms with van der Waals surface area (Å²) >= 11 is 0. The van der Waals surface area contributed by atoms with Crippen molar-refractivity contribution in [2.24, 2.45) is 0 Å². The second-order valence-electron chi connectivity index (χ2n) is 9.32. The third-order valence-electron chi connectivity index (χ3n) is 6.96. The van der Waals surface area contributed by atoms with Crippen molar-refractivity contribution < 1.29 is 17.9 Å². The van der Waals surface area contributed by atoms with E-state index in [0.29, 0.717) is 23.0 Å². The Hall–Kier alpha value is -2.58. The Morgan fingerprint density at radius 3 is 2.41 bits per heavy atom. The van der Waals surface area contributed by atoms with Crippen molar-refractivity contribution in [3.8, 4) is 5.75 Å². The number of methoxy groups -OCH3 is 1. The Morgan fingerprint density at radius 2 is 1.76 bits per heavy atom. The minimum absolute atomic E-state index is 0.0102. The van der Waals surface area contributed by atoms with Crippen LogP contribution < -0.4 is 9.04 Å². The Bertz CT molecular complexity index is 1110. The zero-order valence-corrected chi connectivity index (χ0v) is 21.2. The number of likely N-dealkylation sites (tertiary alicyclic amines) is 2. The molecule has 184 valence electrons. The van der Waals surface area contributed by atoms with Crippen molar-refractivity contribution in [2.75, 3.05) is 44.1 Å². The van der Waals surface area contributed by atoms with Crippen molar-refractivity contribution in [3.05, 3.63) is 53.6 Å². The molecule has 2 aliphatic heterocycles. The molecular weight excluding hydrogens is 450 g/mol. The number of hydrogen-bond acceptors (Lipinski definition) is 5. The van der Waals surface area contributed by atoms with Crippen LogP contribution in [-0.2, 0) is 14.8 Å². The van der Waals surface area contributed by atoms with Crippen LogP contribution in [0.4, 0.5) is 5.69 Å². The SMILES string of the molecule is COc1ccc(N(CCC(=O)N2CCC(N3CCCC3)C2)S(=O)(=O)c2ccc(C)cc2C)cc1. The van der Waals surface area contributed by atoms with Gasteiger partial charge in [0.05, 0.1) is 17.7 Å². The van der Waals surface area contributed by atoms with Crippen molar-refractivity contribution in [1.82, 2.24) is 9.80 Å². The van der Waals surface area contributed by atoms with E-state index in [1.807, 2.05) is 17.9 Å². The van der Waals surface area contributed by atoms with Crippen LogP contribution in [-0.4, -0.2) is 70.0 Å². The first-order valence-electron chi connectivity index (χ1n) is 12.1. The van der Waals surface area contributed by atoms with Gasteiger partial charge < -0.3 is 9.64 Å². The van der Waals surface area contributed by atoms with Crippen LogP contribution in [0.2, 0.25) is 0 Å². The van der Waals surface area contributed by atoms with Gasteiger partial charge in [0.1, 0.15) is 5.75 Å². The predicted molar refractivity (Wildman–Crippen MR) is 134 cm³/mol. The molecule has 1 unspecified atom stereocenters. The van der Waals surface area contributed by atoms with E-state index >= 15 is 0 Å². The van der Waals surface area contributed by atoms with Gasteiger partial charge >= 0.3 is 0 Å². The average molecular weight is 486 g/mol. The first kappa shape index (κ1) is 24.5. The molecule has 2 aromatic rings. The fraction of sp³-hybridized carbons (Fsp3) is 0.500. The molecule has 0 bridgehead atoms. The van der Waals surface area contributed by atoms with Gasteiger partial charge in [-0.25, -0.2) is 8.42 Å². The standard InChI is InChI=1S/C26H35N3O4S/c1-20-6-11-25(21(2)18-20)34(31,32)29(22-7-9-24(33-3)10-8-22)17-13-26(30)28-16-12-23(19-28)27-14-4-5-15-27/h6-11,18,23H,4-5,12-17,19H2,1-3H3. The number of sulfonamides is 1. The van der Waals surface area contributed by atoms with Crippen LogP contribution in [0.1, 0.15) is 36.8 Å². The first-order chi connectivity index (χ1) is 16.3. The van der Waals surface area contributed by atoms with Crippen LogP contribution in [0.3, 0.4) is 0 Å². The molecule has 4 rings (SSSR count). The van der Waals surface area contributed by atoms with Gasteiger partial charge in [0.25, 0.3) is 10.0 Å². The second kappa shape index (κ2) is 10.4. The molecule has 1 atom stereocenters. The zero-order chi connectivity index (χ0) is 24.3. The second-order valence-corrected chi connectivity index (χ2v) is 11.2. The van der Waals surface area contributed by atoms with E-state index in [2.05, 4.69) is 4.90 Å². The maximum atomic E-state index is 13.7. The third-order valence-corrected chi connectivity index (χ3v) is 8.95. The Kier molecular flexibility index (Phi) is 7.48. The minimum atomic E-state index is -3.85. The Balaban J connectivity index is 1.53.